The van der Waals surface area contributed by atoms with Gasteiger partial charge in [0.1, 0.15) is 0 Å². The number of nitrogens with zero attached hydrogens (tertiary/aromatic N) is 1. The molecule has 0 aromatic heterocycles. The van der Waals surface area contributed by atoms with Gasteiger partial charge in [-0.3, -0.25) is 15.0 Å². The van der Waals surface area contributed by atoms with E-state index in [9.17, 15) is 28.8 Å². The summed E-state index contributed by atoms with van der Waals surface area (Å²) in [6.07, 6.45) is 0.0590. The number of carbonyl (C=O) groups is 6. The number of hydrogen-bond acceptors (Lipinski definition) is 10. The van der Waals surface area contributed by atoms with Crippen molar-refractivity contribution in [3.8, 4) is 0 Å². The molecule has 34 heavy (non-hydrogen) atoms. The van der Waals surface area contributed by atoms with Crippen molar-refractivity contribution in [3.63, 3.8) is 0 Å². The summed E-state index contributed by atoms with van der Waals surface area (Å²) in [5.41, 5.74) is 0.367. The molecule has 0 unspecified atom stereocenters. The van der Waals surface area contributed by atoms with Crippen LogP contribution in [0.2, 0.25) is 0 Å². The first kappa shape index (κ1) is 25.2. The number of carboxylic acid groups (broad SMARTS) is 2. The standard InChI is InChI=1S/C21H17N3O10/c1-33-20(31)10-3-4-14(21(32)34-2)15(8-10)23-24-16(9-25)17(26)22-13-6-11(18(27)28)5-12(7-13)19(29)30/h3-9,23H,1-2H3,(H,22,26)(H,27,28)(H,29,30)/b24-16-. The first-order valence-electron chi connectivity index (χ1n) is 9.13. The van der Waals surface area contributed by atoms with Crippen LogP contribution in [-0.4, -0.2) is 66.2 Å². The number of carboxylic acids is 2. The van der Waals surface area contributed by atoms with Crippen molar-refractivity contribution in [2.75, 3.05) is 25.0 Å². The summed E-state index contributed by atoms with van der Waals surface area (Å²) in [6, 6.07) is 6.56. The lowest BCUT2D eigenvalue weighted by Crippen LogP contribution is -2.25. The van der Waals surface area contributed by atoms with E-state index in [0.717, 1.165) is 32.4 Å². The minimum Gasteiger partial charge on any atom is -0.478 e. The molecular weight excluding hydrogens is 454 g/mol. The number of methoxy groups -OCH3 is 2. The van der Waals surface area contributed by atoms with Crippen molar-refractivity contribution >= 4 is 53.2 Å². The Morgan fingerprint density at radius 3 is 1.94 bits per heavy atom. The number of hydrazone groups is 1. The molecule has 0 spiro atoms. The number of carbonyl (C=O) groups excluding carboxylic acids is 4. The predicted octanol–water partition coefficient (Wildman–Crippen LogP) is 1.26. The van der Waals surface area contributed by atoms with Crippen molar-refractivity contribution in [2.45, 2.75) is 0 Å². The Morgan fingerprint density at radius 2 is 1.44 bits per heavy atom. The summed E-state index contributed by atoms with van der Waals surface area (Å²) in [6.45, 7) is 0. The molecule has 2 rings (SSSR count). The molecule has 0 atom stereocenters. The van der Waals surface area contributed by atoms with Crippen LogP contribution in [0.15, 0.2) is 41.5 Å². The van der Waals surface area contributed by atoms with Gasteiger partial charge in [0.2, 0.25) is 0 Å². The van der Waals surface area contributed by atoms with Crippen molar-refractivity contribution in [2.24, 2.45) is 5.10 Å². The molecule has 0 bridgehead atoms. The highest BCUT2D eigenvalue weighted by molar-refractivity contribution is 6.62. The SMILES string of the molecule is COC(=O)c1ccc(C(=O)OC)c(N/N=C(/C=O)C(=O)Nc2cc(C(=O)O)cc(C(=O)O)c2)c1. The Bertz CT molecular complexity index is 1190. The Labute approximate surface area is 191 Å². The molecular formula is C21H17N3O10. The van der Waals surface area contributed by atoms with E-state index < -0.39 is 46.6 Å². The quantitative estimate of drug-likeness (QED) is 0.135. The van der Waals surface area contributed by atoms with Crippen LogP contribution in [0.5, 0.6) is 0 Å². The second kappa shape index (κ2) is 11.0. The number of amides is 1. The maximum Gasteiger partial charge on any atom is 0.340 e. The van der Waals surface area contributed by atoms with Crippen molar-refractivity contribution < 1.29 is 48.5 Å². The number of aldehydes is 1. The van der Waals surface area contributed by atoms with Gasteiger partial charge >= 0.3 is 23.9 Å². The van der Waals surface area contributed by atoms with E-state index in [1.165, 1.54) is 18.2 Å². The molecule has 2 aromatic rings. The van der Waals surface area contributed by atoms with Crippen LogP contribution in [-0.2, 0) is 19.1 Å². The maximum absolute atomic E-state index is 12.4. The Balaban J connectivity index is 2.37. The van der Waals surface area contributed by atoms with E-state index in [0.29, 0.717) is 0 Å². The third-order valence-corrected chi connectivity index (χ3v) is 4.17. The molecule has 0 fully saturated rings. The van der Waals surface area contributed by atoms with Gasteiger partial charge in [-0.25, -0.2) is 19.2 Å². The summed E-state index contributed by atoms with van der Waals surface area (Å²) in [5.74, 6) is -5.54. The van der Waals surface area contributed by atoms with Crippen LogP contribution >= 0.6 is 0 Å². The van der Waals surface area contributed by atoms with Crippen LogP contribution in [0.3, 0.4) is 0 Å². The number of rotatable bonds is 9. The summed E-state index contributed by atoms with van der Waals surface area (Å²) in [5, 5.41) is 24.0. The van der Waals surface area contributed by atoms with E-state index in [2.05, 4.69) is 25.3 Å². The van der Waals surface area contributed by atoms with Gasteiger partial charge in [0.15, 0.2) is 12.0 Å². The molecule has 4 N–H and O–H groups in total. The number of aromatic carboxylic acids is 2. The summed E-state index contributed by atoms with van der Waals surface area (Å²) in [7, 11) is 2.26. The van der Waals surface area contributed by atoms with Crippen molar-refractivity contribution in [3.05, 3.63) is 58.7 Å². The first-order chi connectivity index (χ1) is 16.1. The summed E-state index contributed by atoms with van der Waals surface area (Å²) in [4.78, 5) is 70.0. The molecule has 176 valence electrons. The van der Waals surface area contributed by atoms with E-state index in [1.807, 2.05) is 0 Å². The Morgan fingerprint density at radius 1 is 0.853 bits per heavy atom. The van der Waals surface area contributed by atoms with Gasteiger partial charge in [0, 0.05) is 5.69 Å². The molecule has 0 aliphatic heterocycles. The lowest BCUT2D eigenvalue weighted by molar-refractivity contribution is -0.111. The molecule has 0 aliphatic carbocycles. The van der Waals surface area contributed by atoms with Gasteiger partial charge in [0.05, 0.1) is 42.2 Å². The van der Waals surface area contributed by atoms with Gasteiger partial charge in [-0.05, 0) is 36.4 Å². The molecule has 0 heterocycles. The van der Waals surface area contributed by atoms with E-state index >= 15 is 0 Å². The van der Waals surface area contributed by atoms with Gasteiger partial charge in [0.25, 0.3) is 5.91 Å². The molecule has 0 aliphatic rings. The normalized spacial score (nSPS) is 10.6. The third kappa shape index (κ3) is 6.00. The number of hydrogen-bond donors (Lipinski definition) is 4. The molecule has 13 nitrogen and oxygen atoms in total. The molecule has 2 aromatic carbocycles. The fourth-order valence-electron chi connectivity index (χ4n) is 2.56. The zero-order chi connectivity index (χ0) is 25.4. The maximum atomic E-state index is 12.4. The average molecular weight is 471 g/mol. The highest BCUT2D eigenvalue weighted by Gasteiger charge is 2.18. The van der Waals surface area contributed by atoms with Crippen LogP contribution in [0, 0.1) is 0 Å². The number of esters is 2. The zero-order valence-electron chi connectivity index (χ0n) is 17.6. The smallest absolute Gasteiger partial charge is 0.340 e. The minimum atomic E-state index is -1.44. The zero-order valence-corrected chi connectivity index (χ0v) is 17.6. The number of anilines is 2. The van der Waals surface area contributed by atoms with Gasteiger partial charge in [-0.15, -0.1) is 0 Å². The average Bonchev–Trinajstić information content (AvgIpc) is 2.82. The van der Waals surface area contributed by atoms with Crippen molar-refractivity contribution in [1.29, 1.82) is 0 Å². The van der Waals surface area contributed by atoms with Gasteiger partial charge in [-0.2, -0.15) is 5.10 Å². The van der Waals surface area contributed by atoms with Crippen LogP contribution in [0.25, 0.3) is 0 Å². The Hall–Kier alpha value is -5.07. The van der Waals surface area contributed by atoms with Gasteiger partial charge < -0.3 is 25.0 Å². The molecule has 0 saturated heterocycles. The number of nitrogens with one attached hydrogen (secondary N) is 2. The molecule has 0 radical (unpaired) electrons. The highest BCUT2D eigenvalue weighted by Crippen LogP contribution is 2.20. The summed E-state index contributed by atoms with van der Waals surface area (Å²) < 4.78 is 9.24. The number of ether oxygens (including phenoxy) is 2. The molecule has 0 saturated carbocycles. The van der Waals surface area contributed by atoms with E-state index in [4.69, 9.17) is 10.2 Å². The fraction of sp³-hybridized carbons (Fsp3) is 0.0952. The Kier molecular flexibility index (Phi) is 8.14. The van der Waals surface area contributed by atoms with E-state index in [-0.39, 0.29) is 28.8 Å². The summed E-state index contributed by atoms with van der Waals surface area (Å²) >= 11 is 0. The predicted molar refractivity (Wildman–Crippen MR) is 115 cm³/mol. The monoisotopic (exact) mass is 471 g/mol. The van der Waals surface area contributed by atoms with Crippen molar-refractivity contribution in [1.82, 2.24) is 0 Å². The van der Waals surface area contributed by atoms with Crippen LogP contribution < -0.4 is 10.7 Å². The largest absolute Gasteiger partial charge is 0.478 e. The van der Waals surface area contributed by atoms with Crippen LogP contribution in [0.1, 0.15) is 41.4 Å². The van der Waals surface area contributed by atoms with E-state index in [1.54, 1.807) is 0 Å². The highest BCUT2D eigenvalue weighted by atomic mass is 16.5. The lowest BCUT2D eigenvalue weighted by Gasteiger charge is -2.10. The number of benzene rings is 2. The topological polar surface area (TPSA) is 198 Å². The first-order valence-corrected chi connectivity index (χ1v) is 9.13. The fourth-order valence-corrected chi connectivity index (χ4v) is 2.56. The molecule has 1 amide bonds. The van der Waals surface area contributed by atoms with Gasteiger partial charge in [-0.1, -0.05) is 0 Å². The minimum absolute atomic E-state index is 0.0247. The third-order valence-electron chi connectivity index (χ3n) is 4.17. The molecule has 13 heteroatoms. The second-order valence-electron chi connectivity index (χ2n) is 6.33. The lowest BCUT2D eigenvalue weighted by atomic mass is 10.1. The second-order valence-corrected chi connectivity index (χ2v) is 6.33. The van der Waals surface area contributed by atoms with Crippen LogP contribution in [0.4, 0.5) is 11.4 Å².